The highest BCUT2D eigenvalue weighted by Crippen LogP contribution is 2.29. The summed E-state index contributed by atoms with van der Waals surface area (Å²) in [4.78, 5) is 51.4. The molecule has 0 spiro atoms. The summed E-state index contributed by atoms with van der Waals surface area (Å²) >= 11 is 0. The number of piperidine rings is 1. The van der Waals surface area contributed by atoms with Crippen LogP contribution in [0.1, 0.15) is 34.3 Å². The molecule has 0 aliphatic carbocycles. The van der Waals surface area contributed by atoms with Crippen molar-refractivity contribution in [3.63, 3.8) is 0 Å². The zero-order valence-corrected chi connectivity index (χ0v) is 16.1. The molecule has 0 bridgehead atoms. The van der Waals surface area contributed by atoms with E-state index in [0.29, 0.717) is 31.5 Å². The number of likely N-dealkylation sites (N-methyl/N-ethyl adjacent to an activating group) is 1. The summed E-state index contributed by atoms with van der Waals surface area (Å²) in [6, 6.07) is 4.99. The van der Waals surface area contributed by atoms with Gasteiger partial charge in [0.25, 0.3) is 5.91 Å². The van der Waals surface area contributed by atoms with Gasteiger partial charge in [0.2, 0.25) is 17.7 Å². The first-order valence-electron chi connectivity index (χ1n) is 8.52. The monoisotopic (exact) mass is 394 g/mol. The number of amides is 4. The lowest BCUT2D eigenvalue weighted by Gasteiger charge is -2.29. The van der Waals surface area contributed by atoms with Crippen molar-refractivity contribution < 1.29 is 19.2 Å². The molecule has 27 heavy (non-hydrogen) atoms. The third-order valence-electron chi connectivity index (χ3n) is 4.62. The summed E-state index contributed by atoms with van der Waals surface area (Å²) in [5.74, 6) is -1.33. The number of carbonyl (C=O) groups excluding carboxylic acids is 4. The maximum atomic E-state index is 12.5. The van der Waals surface area contributed by atoms with Crippen molar-refractivity contribution in [2.75, 3.05) is 20.6 Å². The van der Waals surface area contributed by atoms with Gasteiger partial charge >= 0.3 is 0 Å². The standard InChI is InChI=1S/C18H22N4O4.ClH/c1-21(2)10-16(24)20-17(25)12-5-3-4-11-8-22(9-13(11)12)14-6-7-15(23)19-18(14)26;/h3-5,14H,6-10H2,1-2H3,(H,19,23,26)(H,20,24,25);1H. The van der Waals surface area contributed by atoms with Gasteiger partial charge in [0, 0.05) is 25.1 Å². The van der Waals surface area contributed by atoms with Crippen molar-refractivity contribution >= 4 is 36.0 Å². The van der Waals surface area contributed by atoms with Crippen LogP contribution in [0.2, 0.25) is 0 Å². The van der Waals surface area contributed by atoms with E-state index < -0.39 is 5.91 Å². The quantitative estimate of drug-likeness (QED) is 0.700. The molecule has 1 fully saturated rings. The molecule has 1 aromatic rings. The number of nitrogens with one attached hydrogen (secondary N) is 2. The van der Waals surface area contributed by atoms with Crippen LogP contribution in [0.4, 0.5) is 0 Å². The maximum absolute atomic E-state index is 12.5. The molecule has 2 aliphatic rings. The van der Waals surface area contributed by atoms with E-state index in [1.165, 1.54) is 0 Å². The van der Waals surface area contributed by atoms with E-state index in [-0.39, 0.29) is 42.7 Å². The number of rotatable bonds is 4. The van der Waals surface area contributed by atoms with Crippen molar-refractivity contribution in [1.82, 2.24) is 20.4 Å². The topological polar surface area (TPSA) is 98.8 Å². The Morgan fingerprint density at radius 2 is 2.00 bits per heavy atom. The fourth-order valence-corrected chi connectivity index (χ4v) is 3.43. The number of imide groups is 2. The number of fused-ring (bicyclic) bond motifs is 1. The van der Waals surface area contributed by atoms with Crippen molar-refractivity contribution in [3.8, 4) is 0 Å². The average molecular weight is 395 g/mol. The molecule has 0 saturated carbocycles. The number of benzene rings is 1. The van der Waals surface area contributed by atoms with Crippen LogP contribution in [0.15, 0.2) is 18.2 Å². The van der Waals surface area contributed by atoms with Gasteiger partial charge in [-0.15, -0.1) is 12.4 Å². The lowest BCUT2D eigenvalue weighted by atomic mass is 10.0. The lowest BCUT2D eigenvalue weighted by Crippen LogP contribution is -2.50. The molecule has 0 aromatic heterocycles. The Bertz CT molecular complexity index is 781. The molecule has 2 aliphatic heterocycles. The van der Waals surface area contributed by atoms with Crippen LogP contribution >= 0.6 is 12.4 Å². The lowest BCUT2D eigenvalue weighted by molar-refractivity contribution is -0.137. The minimum atomic E-state index is -0.432. The minimum absolute atomic E-state index is 0. The van der Waals surface area contributed by atoms with Gasteiger partial charge in [-0.1, -0.05) is 12.1 Å². The van der Waals surface area contributed by atoms with Gasteiger partial charge in [-0.3, -0.25) is 34.7 Å². The van der Waals surface area contributed by atoms with E-state index in [9.17, 15) is 19.2 Å². The largest absolute Gasteiger partial charge is 0.301 e. The molecule has 8 nitrogen and oxygen atoms in total. The second kappa shape index (κ2) is 8.60. The molecule has 2 N–H and O–H groups in total. The first-order valence-corrected chi connectivity index (χ1v) is 8.52. The maximum Gasteiger partial charge on any atom is 0.258 e. The summed E-state index contributed by atoms with van der Waals surface area (Å²) in [5.41, 5.74) is 2.24. The first kappa shape index (κ1) is 21.0. The Morgan fingerprint density at radius 1 is 1.26 bits per heavy atom. The second-order valence-electron chi connectivity index (χ2n) is 6.93. The number of hydrogen-bond acceptors (Lipinski definition) is 6. The van der Waals surface area contributed by atoms with Gasteiger partial charge in [0.05, 0.1) is 12.6 Å². The van der Waals surface area contributed by atoms with Gasteiger partial charge in [-0.2, -0.15) is 0 Å². The predicted molar refractivity (Wildman–Crippen MR) is 100 cm³/mol. The van der Waals surface area contributed by atoms with E-state index in [1.54, 1.807) is 31.1 Å². The first-order chi connectivity index (χ1) is 12.3. The molecule has 9 heteroatoms. The second-order valence-corrected chi connectivity index (χ2v) is 6.93. The van der Waals surface area contributed by atoms with Gasteiger partial charge in [0.1, 0.15) is 0 Å². The normalized spacial score (nSPS) is 19.3. The molecule has 2 heterocycles. The Hall–Kier alpha value is -2.29. The van der Waals surface area contributed by atoms with Crippen molar-refractivity contribution in [1.29, 1.82) is 0 Å². The van der Waals surface area contributed by atoms with E-state index in [0.717, 1.165) is 11.1 Å². The molecule has 1 unspecified atom stereocenters. The molecule has 1 saturated heterocycles. The highest BCUT2D eigenvalue weighted by molar-refractivity contribution is 6.06. The minimum Gasteiger partial charge on any atom is -0.301 e. The summed E-state index contributed by atoms with van der Waals surface area (Å²) in [6.45, 7) is 1.10. The Morgan fingerprint density at radius 3 is 2.67 bits per heavy atom. The molecule has 0 radical (unpaired) electrons. The third-order valence-corrected chi connectivity index (χ3v) is 4.62. The molecule has 1 atom stereocenters. The van der Waals surface area contributed by atoms with Gasteiger partial charge in [-0.05, 0) is 37.7 Å². The van der Waals surface area contributed by atoms with E-state index in [1.807, 2.05) is 11.0 Å². The van der Waals surface area contributed by atoms with Gasteiger partial charge < -0.3 is 4.90 Å². The van der Waals surface area contributed by atoms with E-state index in [4.69, 9.17) is 0 Å². The van der Waals surface area contributed by atoms with Crippen molar-refractivity contribution in [2.45, 2.75) is 32.0 Å². The van der Waals surface area contributed by atoms with Crippen LogP contribution in [-0.4, -0.2) is 60.1 Å². The fourth-order valence-electron chi connectivity index (χ4n) is 3.43. The van der Waals surface area contributed by atoms with Crippen LogP contribution in [0.3, 0.4) is 0 Å². The Kier molecular flexibility index (Phi) is 6.69. The average Bonchev–Trinajstić information content (AvgIpc) is 2.97. The third kappa shape index (κ3) is 4.71. The zero-order valence-electron chi connectivity index (χ0n) is 15.3. The molecular formula is C18H23ClN4O4. The van der Waals surface area contributed by atoms with Crippen LogP contribution in [0.25, 0.3) is 0 Å². The Labute approximate surface area is 163 Å². The summed E-state index contributed by atoms with van der Waals surface area (Å²) in [6.07, 6.45) is 0.789. The molecular weight excluding hydrogens is 372 g/mol. The molecule has 1 aromatic carbocycles. The number of halogens is 1. The molecule has 4 amide bonds. The zero-order chi connectivity index (χ0) is 18.8. The van der Waals surface area contributed by atoms with Gasteiger partial charge in [0.15, 0.2) is 0 Å². The smallest absolute Gasteiger partial charge is 0.258 e. The number of nitrogens with zero attached hydrogens (tertiary/aromatic N) is 2. The molecule has 3 rings (SSSR count). The van der Waals surface area contributed by atoms with Crippen LogP contribution in [-0.2, 0) is 27.5 Å². The van der Waals surface area contributed by atoms with Crippen LogP contribution in [0, 0.1) is 0 Å². The fraction of sp³-hybridized carbons (Fsp3) is 0.444. The summed E-state index contributed by atoms with van der Waals surface area (Å²) in [5, 5.41) is 4.77. The highest BCUT2D eigenvalue weighted by Gasteiger charge is 2.36. The highest BCUT2D eigenvalue weighted by atomic mass is 35.5. The van der Waals surface area contributed by atoms with Crippen molar-refractivity contribution in [2.24, 2.45) is 0 Å². The Balaban J connectivity index is 0.00000261. The van der Waals surface area contributed by atoms with Crippen LogP contribution in [0.5, 0.6) is 0 Å². The van der Waals surface area contributed by atoms with E-state index in [2.05, 4.69) is 10.6 Å². The predicted octanol–water partition coefficient (Wildman–Crippen LogP) is 0.0472. The number of carbonyl (C=O) groups is 4. The van der Waals surface area contributed by atoms with Gasteiger partial charge in [-0.25, -0.2) is 0 Å². The van der Waals surface area contributed by atoms with E-state index >= 15 is 0 Å². The van der Waals surface area contributed by atoms with Crippen LogP contribution < -0.4 is 10.6 Å². The van der Waals surface area contributed by atoms with Crippen molar-refractivity contribution in [3.05, 3.63) is 34.9 Å². The number of hydrogen-bond donors (Lipinski definition) is 2. The molecule has 146 valence electrons. The SMILES string of the molecule is CN(C)CC(=O)NC(=O)c1cccc2c1CN(C1CCC(=O)NC1=O)C2.Cl. The summed E-state index contributed by atoms with van der Waals surface area (Å²) in [7, 11) is 3.50. The summed E-state index contributed by atoms with van der Waals surface area (Å²) < 4.78 is 0.